The highest BCUT2D eigenvalue weighted by molar-refractivity contribution is 5.71. The Labute approximate surface area is 146 Å². The largest absolute Gasteiger partial charge is 0.481 e. The van der Waals surface area contributed by atoms with E-state index in [2.05, 4.69) is 0 Å². The number of carboxylic acids is 1. The van der Waals surface area contributed by atoms with Crippen molar-refractivity contribution in [2.75, 3.05) is 27.7 Å². The van der Waals surface area contributed by atoms with Crippen LogP contribution in [0.2, 0.25) is 0 Å². The van der Waals surface area contributed by atoms with Crippen LogP contribution >= 0.6 is 0 Å². The first-order valence-corrected chi connectivity index (χ1v) is 9.00. The number of aliphatic hydroxyl groups is 1. The fourth-order valence-electron chi connectivity index (χ4n) is 2.61. The van der Waals surface area contributed by atoms with Crippen molar-refractivity contribution in [2.24, 2.45) is 0 Å². The quantitative estimate of drug-likeness (QED) is 0.287. The molecule has 0 aromatic carbocycles. The molecule has 0 fully saturated rings. The van der Waals surface area contributed by atoms with Gasteiger partial charge < -0.3 is 19.4 Å². The number of esters is 1. The van der Waals surface area contributed by atoms with E-state index in [0.717, 1.165) is 44.9 Å². The van der Waals surface area contributed by atoms with Crippen molar-refractivity contribution in [3.8, 4) is 0 Å². The van der Waals surface area contributed by atoms with Gasteiger partial charge in [0.25, 0.3) is 0 Å². The molecule has 0 aromatic heterocycles. The number of likely N-dealkylation sites (N-methyl/N-ethyl adjacent to an activating group) is 1. The maximum atomic E-state index is 11.9. The van der Waals surface area contributed by atoms with E-state index in [1.165, 1.54) is 0 Å². The number of unbranched alkanes of at least 4 members (excludes halogenated alkanes) is 5. The molecule has 0 aliphatic rings. The molecule has 6 nitrogen and oxygen atoms in total. The Balaban J connectivity index is 3.86. The molecule has 0 amide bonds. The monoisotopic (exact) mass is 346 g/mol. The van der Waals surface area contributed by atoms with Gasteiger partial charge in [-0.25, -0.2) is 0 Å². The number of hydrogen-bond donors (Lipinski definition) is 2. The molecule has 6 heteroatoms. The van der Waals surface area contributed by atoms with Gasteiger partial charge in [-0.2, -0.15) is 0 Å². The van der Waals surface area contributed by atoms with Crippen LogP contribution in [0.15, 0.2) is 0 Å². The van der Waals surface area contributed by atoms with E-state index < -0.39 is 12.1 Å². The summed E-state index contributed by atoms with van der Waals surface area (Å²) < 4.78 is 5.90. The number of carboxylic acid groups (broad SMARTS) is 1. The molecule has 142 valence electrons. The molecule has 0 saturated carbocycles. The van der Waals surface area contributed by atoms with Gasteiger partial charge in [0, 0.05) is 6.42 Å². The molecule has 0 aliphatic heterocycles. The van der Waals surface area contributed by atoms with E-state index in [-0.39, 0.29) is 18.5 Å². The molecule has 2 N–H and O–H groups in total. The van der Waals surface area contributed by atoms with Gasteiger partial charge in [0.1, 0.15) is 6.54 Å². The van der Waals surface area contributed by atoms with Gasteiger partial charge >= 0.3 is 11.9 Å². The molecule has 2 atom stereocenters. The summed E-state index contributed by atoms with van der Waals surface area (Å²) in [5.74, 6) is -1.25. The van der Waals surface area contributed by atoms with E-state index >= 15 is 0 Å². The Morgan fingerprint density at radius 3 is 2.04 bits per heavy atom. The number of rotatable bonds is 14. The van der Waals surface area contributed by atoms with Crippen molar-refractivity contribution in [2.45, 2.75) is 76.9 Å². The Hall–Kier alpha value is -1.14. The summed E-state index contributed by atoms with van der Waals surface area (Å²) in [5.41, 5.74) is 0. The third kappa shape index (κ3) is 15.7. The number of carbonyl (C=O) groups is 2. The van der Waals surface area contributed by atoms with Crippen LogP contribution in [-0.2, 0) is 14.3 Å². The predicted molar refractivity (Wildman–Crippen MR) is 93.6 cm³/mol. The molecular formula is C18H36NO5+. The molecule has 24 heavy (non-hydrogen) atoms. The zero-order chi connectivity index (χ0) is 18.6. The maximum absolute atomic E-state index is 11.9. The fraction of sp³-hybridized carbons (Fsp3) is 0.889. The summed E-state index contributed by atoms with van der Waals surface area (Å²) in [6.45, 7) is 2.29. The number of quaternary nitrogens is 1. The van der Waals surface area contributed by atoms with Crippen LogP contribution in [0, 0.1) is 0 Å². The normalized spacial score (nSPS) is 14.2. The van der Waals surface area contributed by atoms with Gasteiger partial charge in [-0.05, 0) is 19.8 Å². The van der Waals surface area contributed by atoms with Crippen LogP contribution < -0.4 is 0 Å². The minimum atomic E-state index is -0.946. The average molecular weight is 346 g/mol. The SMILES string of the molecule is CC(O)CCCCCCCCC(=O)OC(CC(=O)O)C[N+](C)(C)C. The van der Waals surface area contributed by atoms with Crippen LogP contribution in [0.25, 0.3) is 0 Å². The Kier molecular flexibility index (Phi) is 11.7. The Morgan fingerprint density at radius 2 is 1.54 bits per heavy atom. The highest BCUT2D eigenvalue weighted by Gasteiger charge is 2.24. The van der Waals surface area contributed by atoms with Gasteiger partial charge in [0.2, 0.25) is 0 Å². The van der Waals surface area contributed by atoms with Crippen molar-refractivity contribution < 1.29 is 29.0 Å². The van der Waals surface area contributed by atoms with Crippen molar-refractivity contribution in [1.29, 1.82) is 0 Å². The van der Waals surface area contributed by atoms with Crippen molar-refractivity contribution in [1.82, 2.24) is 0 Å². The zero-order valence-corrected chi connectivity index (χ0v) is 15.8. The molecule has 0 bridgehead atoms. The Bertz CT molecular complexity index is 363. The van der Waals surface area contributed by atoms with Gasteiger partial charge in [0.15, 0.2) is 6.10 Å². The van der Waals surface area contributed by atoms with Crippen LogP contribution in [0.1, 0.15) is 64.7 Å². The predicted octanol–water partition coefficient (Wildman–Crippen LogP) is 2.58. The molecule has 0 saturated heterocycles. The lowest BCUT2D eigenvalue weighted by molar-refractivity contribution is -0.873. The van der Waals surface area contributed by atoms with Gasteiger partial charge in [-0.3, -0.25) is 9.59 Å². The third-order valence-corrected chi connectivity index (χ3v) is 3.70. The van der Waals surface area contributed by atoms with E-state index in [1.807, 2.05) is 28.1 Å². The smallest absolute Gasteiger partial charge is 0.307 e. The molecule has 0 aromatic rings. The molecule has 0 spiro atoms. The highest BCUT2D eigenvalue weighted by atomic mass is 16.5. The minimum absolute atomic E-state index is 0.148. The second-order valence-corrected chi connectivity index (χ2v) is 7.69. The van der Waals surface area contributed by atoms with E-state index in [0.29, 0.717) is 17.4 Å². The van der Waals surface area contributed by atoms with Crippen molar-refractivity contribution in [3.63, 3.8) is 0 Å². The van der Waals surface area contributed by atoms with E-state index in [4.69, 9.17) is 14.9 Å². The van der Waals surface area contributed by atoms with Crippen LogP contribution in [0.4, 0.5) is 0 Å². The van der Waals surface area contributed by atoms with Crippen LogP contribution in [0.3, 0.4) is 0 Å². The number of ether oxygens (including phenoxy) is 1. The number of nitrogens with zero attached hydrogens (tertiary/aromatic N) is 1. The number of hydrogen-bond acceptors (Lipinski definition) is 4. The average Bonchev–Trinajstić information content (AvgIpc) is 2.38. The first-order chi connectivity index (χ1) is 11.1. The lowest BCUT2D eigenvalue weighted by Crippen LogP contribution is -2.43. The van der Waals surface area contributed by atoms with E-state index in [9.17, 15) is 9.59 Å². The summed E-state index contributed by atoms with van der Waals surface area (Å²) in [6.07, 6.45) is 6.36. The van der Waals surface area contributed by atoms with Gasteiger partial charge in [-0.15, -0.1) is 0 Å². The second-order valence-electron chi connectivity index (χ2n) is 7.69. The molecular weight excluding hydrogens is 310 g/mol. The lowest BCUT2D eigenvalue weighted by Gasteiger charge is -2.28. The molecule has 0 aliphatic carbocycles. The number of aliphatic carboxylic acids is 1. The summed E-state index contributed by atoms with van der Waals surface area (Å²) in [7, 11) is 5.83. The molecule has 0 heterocycles. The third-order valence-electron chi connectivity index (χ3n) is 3.70. The van der Waals surface area contributed by atoms with Crippen LogP contribution in [0.5, 0.6) is 0 Å². The van der Waals surface area contributed by atoms with Crippen molar-refractivity contribution >= 4 is 11.9 Å². The first-order valence-electron chi connectivity index (χ1n) is 9.00. The molecule has 0 rings (SSSR count). The second kappa shape index (κ2) is 12.3. The highest BCUT2D eigenvalue weighted by Crippen LogP contribution is 2.12. The first kappa shape index (κ1) is 22.9. The van der Waals surface area contributed by atoms with Crippen LogP contribution in [-0.4, -0.2) is 66.5 Å². The van der Waals surface area contributed by atoms with E-state index in [1.54, 1.807) is 0 Å². The summed E-state index contributed by atoms with van der Waals surface area (Å²) in [6, 6.07) is 0. The summed E-state index contributed by atoms with van der Waals surface area (Å²) in [5, 5.41) is 18.1. The zero-order valence-electron chi connectivity index (χ0n) is 15.8. The number of carbonyl (C=O) groups excluding carboxylic acids is 1. The minimum Gasteiger partial charge on any atom is -0.481 e. The fourth-order valence-corrected chi connectivity index (χ4v) is 2.61. The maximum Gasteiger partial charge on any atom is 0.307 e. The molecule has 0 radical (unpaired) electrons. The number of aliphatic hydroxyl groups excluding tert-OH is 1. The lowest BCUT2D eigenvalue weighted by atomic mass is 10.1. The molecule has 2 unspecified atom stereocenters. The summed E-state index contributed by atoms with van der Waals surface area (Å²) in [4.78, 5) is 22.8. The van der Waals surface area contributed by atoms with Gasteiger partial charge in [-0.1, -0.05) is 32.1 Å². The summed E-state index contributed by atoms with van der Waals surface area (Å²) >= 11 is 0. The Morgan fingerprint density at radius 1 is 1.00 bits per heavy atom. The van der Waals surface area contributed by atoms with Gasteiger partial charge in [0.05, 0.1) is 33.7 Å². The standard InChI is InChI=1S/C18H35NO5/c1-15(20)11-9-7-5-6-8-10-12-18(23)24-16(13-17(21)22)14-19(2,3)4/h15-16,20H,5-14H2,1-4H3/p+1. The van der Waals surface area contributed by atoms with Crippen molar-refractivity contribution in [3.05, 3.63) is 0 Å². The topological polar surface area (TPSA) is 83.8 Å².